The molecule has 0 saturated heterocycles. The smallest absolute Gasteiger partial charge is 0.497 e. The van der Waals surface area contributed by atoms with Crippen molar-refractivity contribution in [3.8, 4) is 33.8 Å². The molecule has 0 aliphatic heterocycles. The summed E-state index contributed by atoms with van der Waals surface area (Å²) in [5.74, 6) is 1.14. The molecule has 0 spiro atoms. The summed E-state index contributed by atoms with van der Waals surface area (Å²) < 4.78 is 11.2. The number of aromatic nitrogens is 5. The number of nitrogens with zero attached hydrogens (tertiary/aromatic N) is 5. The van der Waals surface area contributed by atoms with Gasteiger partial charge in [-0.3, -0.25) is 15.0 Å². The fraction of sp³-hybridized carbons (Fsp3) is 0.0755. The van der Waals surface area contributed by atoms with E-state index in [-0.39, 0.29) is 20.4 Å². The van der Waals surface area contributed by atoms with E-state index in [0.29, 0.717) is 11.5 Å². The van der Waals surface area contributed by atoms with E-state index in [9.17, 15) is 0 Å². The van der Waals surface area contributed by atoms with Gasteiger partial charge in [0.15, 0.2) is 0 Å². The maximum atomic E-state index is 6.74. The number of para-hydroxylation sites is 4. The van der Waals surface area contributed by atoms with Gasteiger partial charge in [0, 0.05) is 23.2 Å². The Morgan fingerprint density at radius 2 is 1.00 bits per heavy atom. The Bertz CT molecular complexity index is 3730. The Morgan fingerprint density at radius 1 is 0.467 bits per heavy atom. The van der Waals surface area contributed by atoms with Crippen LogP contribution in [0.2, 0.25) is 0 Å². The topological polar surface area (TPSA) is 56.7 Å². The monoisotopic (exact) mass is 863 g/mol. The van der Waals surface area contributed by atoms with Crippen molar-refractivity contribution in [3.63, 3.8) is 0 Å². The molecular formula is C53H35N5OPd. The molecule has 0 amide bonds. The summed E-state index contributed by atoms with van der Waals surface area (Å²) in [5.41, 5.74) is 18.4. The number of ether oxygens (including phenoxy) is 1. The molecule has 0 atom stereocenters. The van der Waals surface area contributed by atoms with Crippen LogP contribution in [-0.4, -0.2) is 23.8 Å². The third-order valence-electron chi connectivity index (χ3n) is 12.1. The number of pyridine rings is 3. The molecular weight excluding hydrogens is 829 g/mol. The van der Waals surface area contributed by atoms with Crippen LogP contribution in [0.25, 0.3) is 99.1 Å². The van der Waals surface area contributed by atoms with Crippen molar-refractivity contribution in [2.24, 2.45) is 0 Å². The Morgan fingerprint density at radius 3 is 1.63 bits per heavy atom. The van der Waals surface area contributed by atoms with Crippen LogP contribution in [0, 0.1) is 39.8 Å². The van der Waals surface area contributed by atoms with Gasteiger partial charge >= 0.3 is 20.4 Å². The zero-order chi connectivity index (χ0) is 39.5. The van der Waals surface area contributed by atoms with E-state index in [1.807, 2.05) is 48.7 Å². The predicted octanol–water partition coefficient (Wildman–Crippen LogP) is 13.3. The molecule has 7 aromatic carbocycles. The number of hydrogen-bond donors (Lipinski definition) is 0. The number of hydrogen-bond acceptors (Lipinski definition) is 4. The maximum Gasteiger partial charge on any atom is 2.00 e. The number of rotatable bonds is 4. The molecule has 0 N–H and O–H groups in total. The molecule has 12 rings (SSSR count). The summed E-state index contributed by atoms with van der Waals surface area (Å²) in [5, 5.41) is 4.91. The van der Waals surface area contributed by atoms with Gasteiger partial charge in [-0.2, -0.15) is 0 Å². The van der Waals surface area contributed by atoms with Crippen LogP contribution in [0.4, 0.5) is 0 Å². The second-order valence-electron chi connectivity index (χ2n) is 15.6. The van der Waals surface area contributed by atoms with E-state index in [1.165, 1.54) is 44.5 Å². The molecule has 0 fully saturated rings. The van der Waals surface area contributed by atoms with Crippen molar-refractivity contribution in [2.75, 3.05) is 0 Å². The normalized spacial score (nSPS) is 11.9. The van der Waals surface area contributed by atoms with Crippen molar-refractivity contribution in [1.29, 1.82) is 0 Å². The second-order valence-corrected chi connectivity index (χ2v) is 15.6. The fourth-order valence-corrected chi connectivity index (χ4v) is 9.57. The Hall–Kier alpha value is -6.91. The van der Waals surface area contributed by atoms with Gasteiger partial charge in [-0.25, -0.2) is 0 Å². The largest absolute Gasteiger partial charge is 2.00 e. The van der Waals surface area contributed by atoms with Crippen LogP contribution >= 0.6 is 0 Å². The summed E-state index contributed by atoms with van der Waals surface area (Å²) in [6.45, 7) is 8.87. The molecule has 12 aromatic rings. The molecule has 0 saturated carbocycles. The SMILES string of the molecule is Cc1cccc(C)c1-c1ccc2c(c1-c1c(C)cccc1C)c1ccc(Oc3[c-]c4c(cc3)c3ncccc3n3c5ccccc5nc43)[c-]c1c1nc3ccccc3n21.[Pd+2]. The molecule has 0 aliphatic carbocycles. The molecule has 5 aromatic heterocycles. The minimum absolute atomic E-state index is 0. The van der Waals surface area contributed by atoms with Gasteiger partial charge in [0.2, 0.25) is 0 Å². The molecule has 0 aliphatic rings. The Labute approximate surface area is 359 Å². The van der Waals surface area contributed by atoms with Gasteiger partial charge in [-0.05, 0) is 120 Å². The first kappa shape index (κ1) is 36.2. The van der Waals surface area contributed by atoms with Gasteiger partial charge in [0.1, 0.15) is 0 Å². The minimum Gasteiger partial charge on any atom is -0.497 e. The third-order valence-corrected chi connectivity index (χ3v) is 12.1. The molecule has 0 unspecified atom stereocenters. The number of imidazole rings is 2. The molecule has 60 heavy (non-hydrogen) atoms. The summed E-state index contributed by atoms with van der Waals surface area (Å²) >= 11 is 0. The molecule has 0 bridgehead atoms. The van der Waals surface area contributed by atoms with E-state index in [4.69, 9.17) is 19.7 Å². The van der Waals surface area contributed by atoms with E-state index in [0.717, 1.165) is 76.8 Å². The molecule has 288 valence electrons. The first-order chi connectivity index (χ1) is 28.9. The van der Waals surface area contributed by atoms with Crippen molar-refractivity contribution in [3.05, 3.63) is 174 Å². The third kappa shape index (κ3) is 5.20. The summed E-state index contributed by atoms with van der Waals surface area (Å²) in [7, 11) is 0. The molecule has 5 heterocycles. The van der Waals surface area contributed by atoms with E-state index in [1.54, 1.807) is 0 Å². The minimum atomic E-state index is 0. The van der Waals surface area contributed by atoms with Crippen LogP contribution in [-0.2, 0) is 20.4 Å². The van der Waals surface area contributed by atoms with Crippen LogP contribution in [0.3, 0.4) is 0 Å². The standard InChI is InChI=1S/C53H35N5O.Pd/c1-30-12-9-13-31(2)47(30)38-25-26-45-49(50(38)48-32(3)14-10-15-33(48)4)36-23-21-34(28-39(36)52-55-41-16-5-7-18-43(41)57(45)52)59-35-22-24-37-40(29-35)53-56-42-17-6-8-19-44(42)58(53)46-20-11-27-54-51(37)46;/h5-27H,1-4H3;/q-2;+2. The van der Waals surface area contributed by atoms with E-state index in [2.05, 4.69) is 140 Å². The number of fused-ring (bicyclic) bond motifs is 16. The number of aryl methyl sites for hydroxylation is 4. The number of benzene rings is 7. The average Bonchev–Trinajstić information content (AvgIpc) is 3.84. The van der Waals surface area contributed by atoms with Gasteiger partial charge < -0.3 is 13.5 Å². The van der Waals surface area contributed by atoms with Crippen molar-refractivity contribution in [1.82, 2.24) is 23.8 Å². The second kappa shape index (κ2) is 13.6. The van der Waals surface area contributed by atoms with Gasteiger partial charge in [-0.15, -0.1) is 12.1 Å². The summed E-state index contributed by atoms with van der Waals surface area (Å²) in [6, 6.07) is 54.0. The predicted molar refractivity (Wildman–Crippen MR) is 241 cm³/mol. The average molecular weight is 864 g/mol. The van der Waals surface area contributed by atoms with Crippen molar-refractivity contribution in [2.45, 2.75) is 27.7 Å². The first-order valence-corrected chi connectivity index (χ1v) is 20.0. The fourth-order valence-electron chi connectivity index (χ4n) is 9.57. The molecule has 7 heteroatoms. The molecule has 0 radical (unpaired) electrons. The van der Waals surface area contributed by atoms with Gasteiger partial charge in [0.25, 0.3) is 0 Å². The van der Waals surface area contributed by atoms with Crippen LogP contribution < -0.4 is 4.74 Å². The van der Waals surface area contributed by atoms with E-state index < -0.39 is 0 Å². The van der Waals surface area contributed by atoms with Crippen LogP contribution in [0.5, 0.6) is 11.5 Å². The molecule has 6 nitrogen and oxygen atoms in total. The summed E-state index contributed by atoms with van der Waals surface area (Å²) in [4.78, 5) is 15.2. The Balaban J connectivity index is 0.00000408. The Kier molecular flexibility index (Phi) is 8.19. The quantitative estimate of drug-likeness (QED) is 0.100. The van der Waals surface area contributed by atoms with Gasteiger partial charge in [-0.1, -0.05) is 113 Å². The van der Waals surface area contributed by atoms with E-state index >= 15 is 0 Å². The zero-order valence-electron chi connectivity index (χ0n) is 33.2. The van der Waals surface area contributed by atoms with Gasteiger partial charge in [0.05, 0.1) is 44.4 Å². The van der Waals surface area contributed by atoms with Crippen molar-refractivity contribution < 1.29 is 25.2 Å². The van der Waals surface area contributed by atoms with Crippen molar-refractivity contribution >= 4 is 76.8 Å². The maximum absolute atomic E-state index is 6.74. The summed E-state index contributed by atoms with van der Waals surface area (Å²) in [6.07, 6.45) is 1.83. The zero-order valence-corrected chi connectivity index (χ0v) is 34.8. The first-order valence-electron chi connectivity index (χ1n) is 20.0. The van der Waals surface area contributed by atoms with Crippen LogP contribution in [0.15, 0.2) is 140 Å². The van der Waals surface area contributed by atoms with Crippen LogP contribution in [0.1, 0.15) is 22.3 Å².